The Hall–Kier alpha value is -1.10. The Bertz CT molecular complexity index is 278. The van der Waals surface area contributed by atoms with Crippen molar-refractivity contribution in [3.05, 3.63) is 29.8 Å². The molecule has 4 nitrogen and oxygen atoms in total. The van der Waals surface area contributed by atoms with Crippen LogP contribution in [0.4, 0.5) is 0 Å². The van der Waals surface area contributed by atoms with Crippen molar-refractivity contribution in [1.29, 1.82) is 0 Å². The lowest BCUT2D eigenvalue weighted by atomic mass is 10.2. The summed E-state index contributed by atoms with van der Waals surface area (Å²) < 4.78 is 5.37. The third-order valence-corrected chi connectivity index (χ3v) is 1.81. The summed E-state index contributed by atoms with van der Waals surface area (Å²) in [6, 6.07) is 7.61. The quantitative estimate of drug-likeness (QED) is 0.679. The SMILES string of the molecule is Cc1ccccc1OCC(O)CON. The number of ether oxygens (including phenoxy) is 1. The highest BCUT2D eigenvalue weighted by atomic mass is 16.6. The number of nitrogens with two attached hydrogens (primary N) is 1. The van der Waals surface area contributed by atoms with Gasteiger partial charge in [0.25, 0.3) is 0 Å². The lowest BCUT2D eigenvalue weighted by molar-refractivity contribution is 0.0115. The van der Waals surface area contributed by atoms with Gasteiger partial charge in [-0.3, -0.25) is 0 Å². The molecule has 0 aliphatic rings. The summed E-state index contributed by atoms with van der Waals surface area (Å²) in [6.45, 7) is 2.20. The number of hydrogen-bond acceptors (Lipinski definition) is 4. The van der Waals surface area contributed by atoms with Crippen LogP contribution in [0.5, 0.6) is 5.75 Å². The Morgan fingerprint density at radius 2 is 2.07 bits per heavy atom. The third-order valence-electron chi connectivity index (χ3n) is 1.81. The first-order valence-electron chi connectivity index (χ1n) is 4.42. The molecule has 0 spiro atoms. The van der Waals surface area contributed by atoms with Gasteiger partial charge in [-0.25, -0.2) is 5.90 Å². The molecule has 0 heterocycles. The van der Waals surface area contributed by atoms with Crippen molar-refractivity contribution in [3.8, 4) is 5.75 Å². The first kappa shape index (κ1) is 11.0. The smallest absolute Gasteiger partial charge is 0.122 e. The Labute approximate surface area is 83.2 Å². The van der Waals surface area contributed by atoms with Gasteiger partial charge in [0.2, 0.25) is 0 Å². The van der Waals surface area contributed by atoms with E-state index in [1.807, 2.05) is 31.2 Å². The van der Waals surface area contributed by atoms with Crippen LogP contribution in [0.3, 0.4) is 0 Å². The molecule has 78 valence electrons. The van der Waals surface area contributed by atoms with Gasteiger partial charge in [-0.2, -0.15) is 0 Å². The summed E-state index contributed by atoms with van der Waals surface area (Å²) in [6.07, 6.45) is -0.695. The van der Waals surface area contributed by atoms with Crippen LogP contribution in [0.1, 0.15) is 5.56 Å². The number of aryl methyl sites for hydroxylation is 1. The molecule has 1 unspecified atom stereocenters. The Kier molecular flexibility index (Phi) is 4.39. The van der Waals surface area contributed by atoms with E-state index in [9.17, 15) is 5.11 Å². The van der Waals surface area contributed by atoms with Gasteiger partial charge in [0.1, 0.15) is 18.5 Å². The van der Waals surface area contributed by atoms with Crippen molar-refractivity contribution >= 4 is 0 Å². The Morgan fingerprint density at radius 1 is 1.36 bits per heavy atom. The average molecular weight is 197 g/mol. The van der Waals surface area contributed by atoms with Crippen molar-refractivity contribution in [2.75, 3.05) is 13.2 Å². The van der Waals surface area contributed by atoms with Crippen molar-refractivity contribution < 1.29 is 14.7 Å². The molecular formula is C10H15NO3. The van der Waals surface area contributed by atoms with Gasteiger partial charge in [0.05, 0.1) is 6.61 Å². The van der Waals surface area contributed by atoms with Gasteiger partial charge in [0.15, 0.2) is 0 Å². The first-order valence-corrected chi connectivity index (χ1v) is 4.42. The molecule has 0 aromatic heterocycles. The van der Waals surface area contributed by atoms with E-state index in [0.29, 0.717) is 0 Å². The van der Waals surface area contributed by atoms with Crippen LogP contribution < -0.4 is 10.6 Å². The normalized spacial score (nSPS) is 12.5. The minimum absolute atomic E-state index is 0.0753. The van der Waals surface area contributed by atoms with Crippen LogP contribution in [-0.4, -0.2) is 24.4 Å². The number of benzene rings is 1. The number of aliphatic hydroxyl groups excluding tert-OH is 1. The maximum absolute atomic E-state index is 9.27. The van der Waals surface area contributed by atoms with Crippen LogP contribution >= 0.6 is 0 Å². The molecule has 3 N–H and O–H groups in total. The molecule has 0 fully saturated rings. The van der Waals surface area contributed by atoms with Gasteiger partial charge in [0, 0.05) is 0 Å². The maximum atomic E-state index is 9.27. The predicted octanol–water partition coefficient (Wildman–Crippen LogP) is 0.625. The first-order chi connectivity index (χ1) is 6.74. The van der Waals surface area contributed by atoms with Crippen LogP contribution in [0.2, 0.25) is 0 Å². The molecule has 0 aliphatic heterocycles. The summed E-state index contributed by atoms with van der Waals surface area (Å²) in [7, 11) is 0. The van der Waals surface area contributed by atoms with Gasteiger partial charge < -0.3 is 14.7 Å². The molecule has 0 aliphatic carbocycles. The molecule has 1 aromatic rings. The second-order valence-corrected chi connectivity index (χ2v) is 3.06. The molecule has 0 bridgehead atoms. The van der Waals surface area contributed by atoms with E-state index in [-0.39, 0.29) is 13.2 Å². The van der Waals surface area contributed by atoms with Crippen LogP contribution in [0, 0.1) is 6.92 Å². The van der Waals surface area contributed by atoms with Gasteiger partial charge >= 0.3 is 0 Å². The summed E-state index contributed by atoms with van der Waals surface area (Å²) in [5, 5.41) is 9.27. The molecule has 1 rings (SSSR count). The summed E-state index contributed by atoms with van der Waals surface area (Å²) in [5.41, 5.74) is 1.04. The zero-order chi connectivity index (χ0) is 10.4. The topological polar surface area (TPSA) is 64.7 Å². The zero-order valence-corrected chi connectivity index (χ0v) is 8.14. The van der Waals surface area contributed by atoms with Gasteiger partial charge in [-0.1, -0.05) is 18.2 Å². The Morgan fingerprint density at radius 3 is 2.71 bits per heavy atom. The molecular weight excluding hydrogens is 182 g/mol. The van der Waals surface area contributed by atoms with Gasteiger partial charge in [-0.15, -0.1) is 0 Å². The number of para-hydroxylation sites is 1. The predicted molar refractivity (Wildman–Crippen MR) is 52.8 cm³/mol. The van der Waals surface area contributed by atoms with E-state index in [4.69, 9.17) is 10.6 Å². The monoisotopic (exact) mass is 197 g/mol. The molecule has 14 heavy (non-hydrogen) atoms. The highest BCUT2D eigenvalue weighted by Gasteiger charge is 2.05. The minimum Gasteiger partial charge on any atom is -0.491 e. The van der Waals surface area contributed by atoms with E-state index >= 15 is 0 Å². The van der Waals surface area contributed by atoms with Crippen molar-refractivity contribution in [2.24, 2.45) is 5.90 Å². The summed E-state index contributed by atoms with van der Waals surface area (Å²) >= 11 is 0. The third kappa shape index (κ3) is 3.33. The standard InChI is InChI=1S/C10H15NO3/c1-8-4-2-3-5-10(8)13-6-9(12)7-14-11/h2-5,9,12H,6-7,11H2,1H3. The average Bonchev–Trinajstić information content (AvgIpc) is 2.17. The molecule has 0 amide bonds. The maximum Gasteiger partial charge on any atom is 0.122 e. The Balaban J connectivity index is 2.41. The fourth-order valence-corrected chi connectivity index (χ4v) is 1.06. The lowest BCUT2D eigenvalue weighted by Crippen LogP contribution is -2.25. The number of aliphatic hydroxyl groups is 1. The van der Waals surface area contributed by atoms with Crippen LogP contribution in [-0.2, 0) is 4.84 Å². The fraction of sp³-hybridized carbons (Fsp3) is 0.400. The molecule has 1 aromatic carbocycles. The van der Waals surface area contributed by atoms with E-state index in [0.717, 1.165) is 11.3 Å². The second kappa shape index (κ2) is 5.59. The lowest BCUT2D eigenvalue weighted by Gasteiger charge is -2.12. The van der Waals surface area contributed by atoms with Crippen molar-refractivity contribution in [3.63, 3.8) is 0 Å². The zero-order valence-electron chi connectivity index (χ0n) is 8.14. The summed E-state index contributed by atoms with van der Waals surface area (Å²) in [4.78, 5) is 4.29. The van der Waals surface area contributed by atoms with Crippen LogP contribution in [0.25, 0.3) is 0 Å². The molecule has 0 saturated heterocycles. The molecule has 4 heteroatoms. The van der Waals surface area contributed by atoms with Crippen LogP contribution in [0.15, 0.2) is 24.3 Å². The number of hydrogen-bond donors (Lipinski definition) is 2. The fourth-order valence-electron chi connectivity index (χ4n) is 1.06. The van der Waals surface area contributed by atoms with E-state index in [1.54, 1.807) is 0 Å². The summed E-state index contributed by atoms with van der Waals surface area (Å²) in [5.74, 6) is 5.58. The van der Waals surface area contributed by atoms with E-state index in [2.05, 4.69) is 4.84 Å². The van der Waals surface area contributed by atoms with E-state index in [1.165, 1.54) is 0 Å². The highest BCUT2D eigenvalue weighted by Crippen LogP contribution is 2.16. The molecule has 0 radical (unpaired) electrons. The second-order valence-electron chi connectivity index (χ2n) is 3.06. The molecule has 1 atom stereocenters. The number of rotatable bonds is 5. The van der Waals surface area contributed by atoms with Gasteiger partial charge in [-0.05, 0) is 18.6 Å². The minimum atomic E-state index is -0.695. The van der Waals surface area contributed by atoms with Crippen molar-refractivity contribution in [2.45, 2.75) is 13.0 Å². The van der Waals surface area contributed by atoms with Crippen molar-refractivity contribution in [1.82, 2.24) is 0 Å². The molecule has 0 saturated carbocycles. The highest BCUT2D eigenvalue weighted by molar-refractivity contribution is 5.31. The van der Waals surface area contributed by atoms with E-state index < -0.39 is 6.10 Å². The largest absolute Gasteiger partial charge is 0.491 e.